The van der Waals surface area contributed by atoms with Gasteiger partial charge in [-0.05, 0) is 42.7 Å². The molecule has 1 fully saturated rings. The highest BCUT2D eigenvalue weighted by molar-refractivity contribution is 6.30. The quantitative estimate of drug-likeness (QED) is 0.811. The first-order valence-electron chi connectivity index (χ1n) is 9.01. The Labute approximate surface area is 168 Å². The third kappa shape index (κ3) is 4.81. The number of rotatable bonds is 6. The zero-order chi connectivity index (χ0) is 19.9. The Kier molecular flexibility index (Phi) is 6.51. The van der Waals surface area contributed by atoms with Crippen molar-refractivity contribution in [3.05, 3.63) is 65.2 Å². The summed E-state index contributed by atoms with van der Waals surface area (Å²) in [6.07, 6.45) is 1.28. The van der Waals surface area contributed by atoms with E-state index < -0.39 is 12.1 Å². The molecular formula is C21H20ClN3O3. The highest BCUT2D eigenvalue weighted by atomic mass is 35.5. The van der Waals surface area contributed by atoms with Crippen molar-refractivity contribution in [1.82, 2.24) is 10.2 Å². The van der Waals surface area contributed by atoms with Crippen molar-refractivity contribution in [2.24, 2.45) is 0 Å². The van der Waals surface area contributed by atoms with Gasteiger partial charge in [-0.2, -0.15) is 5.26 Å². The number of para-hydroxylation sites is 1. The van der Waals surface area contributed by atoms with Gasteiger partial charge in [0.25, 0.3) is 5.91 Å². The lowest BCUT2D eigenvalue weighted by Gasteiger charge is -2.25. The summed E-state index contributed by atoms with van der Waals surface area (Å²) in [5.41, 5.74) is 0.603. The molecule has 0 bridgehead atoms. The van der Waals surface area contributed by atoms with Crippen molar-refractivity contribution in [2.75, 3.05) is 13.2 Å². The number of benzene rings is 2. The molecule has 6 nitrogen and oxygen atoms in total. The number of nitriles is 1. The Hall–Kier alpha value is -3.04. The first-order valence-corrected chi connectivity index (χ1v) is 9.39. The Morgan fingerprint density at radius 1 is 1.25 bits per heavy atom. The maximum Gasteiger partial charge on any atom is 0.261 e. The van der Waals surface area contributed by atoms with Crippen LogP contribution in [-0.2, 0) is 9.59 Å². The maximum absolute atomic E-state index is 12.7. The Bertz CT molecular complexity index is 882. The fraction of sp³-hybridized carbons (Fsp3) is 0.286. The van der Waals surface area contributed by atoms with Crippen LogP contribution in [0.3, 0.4) is 0 Å². The molecule has 1 saturated heterocycles. The fourth-order valence-electron chi connectivity index (χ4n) is 3.20. The average molecular weight is 398 g/mol. The molecule has 144 valence electrons. The minimum atomic E-state index is -0.829. The van der Waals surface area contributed by atoms with Crippen molar-refractivity contribution < 1.29 is 14.3 Å². The van der Waals surface area contributed by atoms with Gasteiger partial charge in [0, 0.05) is 11.6 Å². The second-order valence-electron chi connectivity index (χ2n) is 6.47. The van der Waals surface area contributed by atoms with Gasteiger partial charge >= 0.3 is 0 Å². The van der Waals surface area contributed by atoms with Gasteiger partial charge in [0.05, 0.1) is 6.07 Å². The molecule has 2 aromatic rings. The van der Waals surface area contributed by atoms with E-state index >= 15 is 0 Å². The highest BCUT2D eigenvalue weighted by Crippen LogP contribution is 2.21. The van der Waals surface area contributed by atoms with Crippen LogP contribution >= 0.6 is 11.6 Å². The van der Waals surface area contributed by atoms with E-state index in [1.807, 2.05) is 18.2 Å². The highest BCUT2D eigenvalue weighted by Gasteiger charge is 2.35. The van der Waals surface area contributed by atoms with Crippen molar-refractivity contribution >= 4 is 23.4 Å². The molecule has 1 aliphatic heterocycles. The smallest absolute Gasteiger partial charge is 0.261 e. The van der Waals surface area contributed by atoms with Crippen LogP contribution in [0.15, 0.2) is 54.6 Å². The molecule has 1 aliphatic rings. The van der Waals surface area contributed by atoms with Crippen LogP contribution in [0.2, 0.25) is 5.02 Å². The van der Waals surface area contributed by atoms with E-state index in [1.165, 1.54) is 4.90 Å². The third-order valence-electron chi connectivity index (χ3n) is 4.58. The molecule has 0 aromatic heterocycles. The zero-order valence-electron chi connectivity index (χ0n) is 15.2. The summed E-state index contributed by atoms with van der Waals surface area (Å²) in [7, 11) is 0. The molecule has 3 rings (SSSR count). The van der Waals surface area contributed by atoms with Gasteiger partial charge in [-0.1, -0.05) is 41.9 Å². The molecule has 0 spiro atoms. The molecule has 1 unspecified atom stereocenters. The van der Waals surface area contributed by atoms with Gasteiger partial charge in [0.2, 0.25) is 5.91 Å². The van der Waals surface area contributed by atoms with Crippen LogP contribution in [0.5, 0.6) is 5.75 Å². The first kappa shape index (κ1) is 19.7. The fourth-order valence-corrected chi connectivity index (χ4v) is 3.40. The monoisotopic (exact) mass is 397 g/mol. The predicted molar refractivity (Wildman–Crippen MR) is 105 cm³/mol. The molecular weight excluding hydrogens is 378 g/mol. The van der Waals surface area contributed by atoms with Gasteiger partial charge in [0.15, 0.2) is 6.61 Å². The Morgan fingerprint density at radius 3 is 2.75 bits per heavy atom. The molecule has 2 amide bonds. The molecule has 0 radical (unpaired) electrons. The minimum absolute atomic E-state index is 0.135. The lowest BCUT2D eigenvalue weighted by Crippen LogP contribution is -2.48. The number of nitrogens with one attached hydrogen (secondary N) is 1. The van der Waals surface area contributed by atoms with Gasteiger partial charge < -0.3 is 15.0 Å². The second kappa shape index (κ2) is 9.25. The molecule has 0 aliphatic carbocycles. The standard InChI is InChI=1S/C21H20ClN3O3/c22-16-7-4-6-15(12-16)18(13-23)24-21(27)19-10-5-11-25(19)20(26)14-28-17-8-2-1-3-9-17/h1-4,6-9,12,18-19H,5,10-11,14H2,(H,24,27)/t18?,19-/m0/s1. The number of halogens is 1. The van der Waals surface area contributed by atoms with E-state index in [4.69, 9.17) is 16.3 Å². The Balaban J connectivity index is 1.62. The molecule has 0 saturated carbocycles. The minimum Gasteiger partial charge on any atom is -0.484 e. The number of hydrogen-bond donors (Lipinski definition) is 1. The number of carbonyl (C=O) groups is 2. The van der Waals surface area contributed by atoms with Crippen LogP contribution in [0.25, 0.3) is 0 Å². The van der Waals surface area contributed by atoms with Gasteiger partial charge in [-0.25, -0.2) is 0 Å². The Morgan fingerprint density at radius 2 is 2.04 bits per heavy atom. The lowest BCUT2D eigenvalue weighted by atomic mass is 10.1. The van der Waals surface area contributed by atoms with E-state index in [1.54, 1.807) is 36.4 Å². The van der Waals surface area contributed by atoms with Crippen LogP contribution in [0.1, 0.15) is 24.4 Å². The van der Waals surface area contributed by atoms with Gasteiger partial charge in [-0.3, -0.25) is 9.59 Å². The average Bonchev–Trinajstić information content (AvgIpc) is 3.21. The lowest BCUT2D eigenvalue weighted by molar-refractivity contribution is -0.140. The topological polar surface area (TPSA) is 82.4 Å². The van der Waals surface area contributed by atoms with E-state index in [0.29, 0.717) is 29.3 Å². The number of likely N-dealkylation sites (tertiary alicyclic amines) is 1. The normalized spacial score (nSPS) is 16.9. The summed E-state index contributed by atoms with van der Waals surface area (Å²) < 4.78 is 5.50. The van der Waals surface area contributed by atoms with Crippen LogP contribution in [-0.4, -0.2) is 35.9 Å². The number of hydrogen-bond acceptors (Lipinski definition) is 4. The number of ether oxygens (including phenoxy) is 1. The van der Waals surface area contributed by atoms with Crippen molar-refractivity contribution in [1.29, 1.82) is 5.26 Å². The first-order chi connectivity index (χ1) is 13.6. The van der Waals surface area contributed by atoms with E-state index in [9.17, 15) is 14.9 Å². The van der Waals surface area contributed by atoms with Crippen LogP contribution < -0.4 is 10.1 Å². The largest absolute Gasteiger partial charge is 0.484 e. The molecule has 2 aromatic carbocycles. The zero-order valence-corrected chi connectivity index (χ0v) is 15.9. The van der Waals surface area contributed by atoms with Crippen LogP contribution in [0.4, 0.5) is 0 Å². The third-order valence-corrected chi connectivity index (χ3v) is 4.81. The second-order valence-corrected chi connectivity index (χ2v) is 6.91. The predicted octanol–water partition coefficient (Wildman–Crippen LogP) is 3.09. The van der Waals surface area contributed by atoms with E-state index in [-0.39, 0.29) is 18.4 Å². The summed E-state index contributed by atoms with van der Waals surface area (Å²) in [6, 6.07) is 16.5. The summed E-state index contributed by atoms with van der Waals surface area (Å²) >= 11 is 5.97. The number of nitrogens with zero attached hydrogens (tertiary/aromatic N) is 2. The van der Waals surface area contributed by atoms with Gasteiger partial charge in [-0.15, -0.1) is 0 Å². The molecule has 2 atom stereocenters. The summed E-state index contributed by atoms with van der Waals surface area (Å²) in [5, 5.41) is 12.6. The summed E-state index contributed by atoms with van der Waals surface area (Å²) in [4.78, 5) is 26.8. The SMILES string of the molecule is N#CC(NC(=O)[C@@H]1CCCN1C(=O)COc1ccccc1)c1cccc(Cl)c1. The summed E-state index contributed by atoms with van der Waals surface area (Å²) in [5.74, 6) is -0.00333. The summed E-state index contributed by atoms with van der Waals surface area (Å²) in [6.45, 7) is 0.354. The van der Waals surface area contributed by atoms with Crippen molar-refractivity contribution in [3.8, 4) is 11.8 Å². The van der Waals surface area contributed by atoms with Gasteiger partial charge in [0.1, 0.15) is 17.8 Å². The molecule has 7 heteroatoms. The molecule has 28 heavy (non-hydrogen) atoms. The van der Waals surface area contributed by atoms with E-state index in [0.717, 1.165) is 6.42 Å². The molecule has 1 N–H and O–H groups in total. The number of carbonyl (C=O) groups excluding carboxylic acids is 2. The van der Waals surface area contributed by atoms with Crippen molar-refractivity contribution in [3.63, 3.8) is 0 Å². The van der Waals surface area contributed by atoms with Crippen LogP contribution in [0, 0.1) is 11.3 Å². The van der Waals surface area contributed by atoms with Crippen molar-refractivity contribution in [2.45, 2.75) is 24.9 Å². The molecule has 1 heterocycles. The van der Waals surface area contributed by atoms with E-state index in [2.05, 4.69) is 11.4 Å². The maximum atomic E-state index is 12.7. The number of amides is 2.